The van der Waals surface area contributed by atoms with E-state index in [9.17, 15) is 9.59 Å². The number of carbonyl (C=O) groups is 2. The third-order valence-corrected chi connectivity index (χ3v) is 3.15. The molecule has 1 aliphatic carbocycles. The highest BCUT2D eigenvalue weighted by atomic mass is 16.4. The lowest BCUT2D eigenvalue weighted by Gasteiger charge is -2.12. The number of unbranched alkanes of at least 4 members (excludes halogenated alkanes) is 2. The van der Waals surface area contributed by atoms with Crippen LogP contribution in [0.25, 0.3) is 0 Å². The first-order valence-electron chi connectivity index (χ1n) is 6.15. The first-order chi connectivity index (χ1) is 7.63. The molecule has 2 unspecified atom stereocenters. The third-order valence-electron chi connectivity index (χ3n) is 3.15. The Hall–Kier alpha value is -1.06. The minimum atomic E-state index is -0.734. The van der Waals surface area contributed by atoms with Crippen LogP contribution in [-0.2, 0) is 9.59 Å². The molecule has 0 bridgehead atoms. The van der Waals surface area contributed by atoms with Gasteiger partial charge in [-0.05, 0) is 25.7 Å². The van der Waals surface area contributed by atoms with Crippen LogP contribution in [0.1, 0.15) is 51.9 Å². The van der Waals surface area contributed by atoms with E-state index >= 15 is 0 Å². The lowest BCUT2D eigenvalue weighted by atomic mass is 10.1. The predicted molar refractivity (Wildman–Crippen MR) is 61.0 cm³/mol. The van der Waals surface area contributed by atoms with Crippen LogP contribution in [0.2, 0.25) is 0 Å². The van der Waals surface area contributed by atoms with Gasteiger partial charge in [0.1, 0.15) is 0 Å². The zero-order valence-electron chi connectivity index (χ0n) is 9.87. The van der Waals surface area contributed by atoms with Crippen molar-refractivity contribution in [2.45, 2.75) is 57.9 Å². The molecule has 1 saturated carbocycles. The maximum absolute atomic E-state index is 11.5. The van der Waals surface area contributed by atoms with Crippen LogP contribution in [0, 0.1) is 5.92 Å². The Kier molecular flexibility index (Phi) is 5.29. The largest absolute Gasteiger partial charge is 0.481 e. The summed E-state index contributed by atoms with van der Waals surface area (Å²) in [4.78, 5) is 22.2. The van der Waals surface area contributed by atoms with Crippen molar-refractivity contribution < 1.29 is 14.7 Å². The Morgan fingerprint density at radius 1 is 1.31 bits per heavy atom. The highest BCUT2D eigenvalue weighted by molar-refractivity contribution is 5.76. The Morgan fingerprint density at radius 2 is 2.06 bits per heavy atom. The molecule has 2 N–H and O–H groups in total. The summed E-state index contributed by atoms with van der Waals surface area (Å²) in [5.74, 6) is -0.923. The molecule has 0 saturated heterocycles. The molecule has 92 valence electrons. The molecular formula is C12H21NO3. The van der Waals surface area contributed by atoms with E-state index in [0.717, 1.165) is 25.7 Å². The SMILES string of the molecule is CCCCCC(=O)NC1CCC(C(=O)O)C1. The summed E-state index contributed by atoms with van der Waals surface area (Å²) in [7, 11) is 0. The summed E-state index contributed by atoms with van der Waals surface area (Å²) in [5.41, 5.74) is 0. The number of carboxylic acid groups (broad SMARTS) is 1. The van der Waals surface area contributed by atoms with E-state index < -0.39 is 5.97 Å². The third kappa shape index (κ3) is 4.21. The molecule has 0 spiro atoms. The van der Waals surface area contributed by atoms with Crippen molar-refractivity contribution >= 4 is 11.9 Å². The van der Waals surface area contributed by atoms with Crippen molar-refractivity contribution in [2.24, 2.45) is 5.92 Å². The summed E-state index contributed by atoms with van der Waals surface area (Å²) in [6.45, 7) is 2.10. The van der Waals surface area contributed by atoms with E-state index in [4.69, 9.17) is 5.11 Å². The van der Waals surface area contributed by atoms with Crippen molar-refractivity contribution in [2.75, 3.05) is 0 Å². The second kappa shape index (κ2) is 6.51. The van der Waals surface area contributed by atoms with Gasteiger partial charge in [-0.25, -0.2) is 0 Å². The standard InChI is InChI=1S/C12H21NO3/c1-2-3-4-5-11(14)13-10-7-6-9(8-10)12(15)16/h9-10H,2-8H2,1H3,(H,13,14)(H,15,16). The number of nitrogens with one attached hydrogen (secondary N) is 1. The molecule has 0 aliphatic heterocycles. The Morgan fingerprint density at radius 3 is 2.62 bits per heavy atom. The fourth-order valence-corrected chi connectivity index (χ4v) is 2.17. The molecule has 0 aromatic heterocycles. The second-order valence-electron chi connectivity index (χ2n) is 4.57. The van der Waals surface area contributed by atoms with Crippen LogP contribution >= 0.6 is 0 Å². The number of carboxylic acids is 1. The number of carbonyl (C=O) groups excluding carboxylic acids is 1. The Bertz CT molecular complexity index is 253. The number of hydrogen-bond donors (Lipinski definition) is 2. The summed E-state index contributed by atoms with van der Waals surface area (Å²) < 4.78 is 0. The molecule has 0 aromatic carbocycles. The molecule has 2 atom stereocenters. The number of amides is 1. The maximum Gasteiger partial charge on any atom is 0.306 e. The van der Waals surface area contributed by atoms with Gasteiger partial charge >= 0.3 is 5.97 Å². The highest BCUT2D eigenvalue weighted by Crippen LogP contribution is 2.25. The van der Waals surface area contributed by atoms with Crippen LogP contribution in [0.5, 0.6) is 0 Å². The molecule has 0 heterocycles. The van der Waals surface area contributed by atoms with Crippen LogP contribution in [0.15, 0.2) is 0 Å². The summed E-state index contributed by atoms with van der Waals surface area (Å²) in [5, 5.41) is 11.7. The minimum Gasteiger partial charge on any atom is -0.481 e. The topological polar surface area (TPSA) is 66.4 Å². The minimum absolute atomic E-state index is 0.0736. The number of hydrogen-bond acceptors (Lipinski definition) is 2. The average Bonchev–Trinajstić information content (AvgIpc) is 2.66. The molecule has 1 aliphatic rings. The predicted octanol–water partition coefficient (Wildman–Crippen LogP) is 1.94. The first-order valence-corrected chi connectivity index (χ1v) is 6.15. The van der Waals surface area contributed by atoms with Crippen molar-refractivity contribution in [3.05, 3.63) is 0 Å². The molecule has 1 fully saturated rings. The van der Waals surface area contributed by atoms with Crippen LogP contribution in [0.4, 0.5) is 0 Å². The van der Waals surface area contributed by atoms with Gasteiger partial charge in [0.15, 0.2) is 0 Å². The quantitative estimate of drug-likeness (QED) is 0.681. The average molecular weight is 227 g/mol. The number of rotatable bonds is 6. The molecule has 4 heteroatoms. The van der Waals surface area contributed by atoms with Crippen molar-refractivity contribution in [1.29, 1.82) is 0 Å². The molecular weight excluding hydrogens is 206 g/mol. The number of aliphatic carboxylic acids is 1. The monoisotopic (exact) mass is 227 g/mol. The van der Waals surface area contributed by atoms with Gasteiger partial charge < -0.3 is 10.4 Å². The van der Waals surface area contributed by atoms with Crippen molar-refractivity contribution in [3.8, 4) is 0 Å². The summed E-state index contributed by atoms with van der Waals surface area (Å²) in [6, 6.07) is 0.0789. The smallest absolute Gasteiger partial charge is 0.306 e. The maximum atomic E-state index is 11.5. The van der Waals surface area contributed by atoms with Crippen LogP contribution < -0.4 is 5.32 Å². The van der Waals surface area contributed by atoms with E-state index in [1.165, 1.54) is 0 Å². The van der Waals surface area contributed by atoms with E-state index in [1.54, 1.807) is 0 Å². The molecule has 1 rings (SSSR count). The van der Waals surface area contributed by atoms with E-state index in [2.05, 4.69) is 12.2 Å². The van der Waals surface area contributed by atoms with Gasteiger partial charge in [-0.1, -0.05) is 19.8 Å². The summed E-state index contributed by atoms with van der Waals surface area (Å²) >= 11 is 0. The molecule has 1 amide bonds. The van der Waals surface area contributed by atoms with E-state index in [-0.39, 0.29) is 17.9 Å². The van der Waals surface area contributed by atoms with Crippen molar-refractivity contribution in [3.63, 3.8) is 0 Å². The zero-order chi connectivity index (χ0) is 12.0. The van der Waals surface area contributed by atoms with E-state index in [1.807, 2.05) is 0 Å². The second-order valence-corrected chi connectivity index (χ2v) is 4.57. The lowest BCUT2D eigenvalue weighted by molar-refractivity contribution is -0.141. The van der Waals surface area contributed by atoms with Crippen LogP contribution in [0.3, 0.4) is 0 Å². The fraction of sp³-hybridized carbons (Fsp3) is 0.833. The normalized spacial score (nSPS) is 24.3. The van der Waals surface area contributed by atoms with Gasteiger partial charge in [-0.2, -0.15) is 0 Å². The van der Waals surface area contributed by atoms with Crippen molar-refractivity contribution in [1.82, 2.24) is 5.32 Å². The molecule has 0 radical (unpaired) electrons. The van der Waals surface area contributed by atoms with Gasteiger partial charge in [0.05, 0.1) is 5.92 Å². The van der Waals surface area contributed by atoms with Gasteiger partial charge in [-0.3, -0.25) is 9.59 Å². The van der Waals surface area contributed by atoms with Gasteiger partial charge in [0.2, 0.25) is 5.91 Å². The van der Waals surface area contributed by atoms with Gasteiger partial charge in [0.25, 0.3) is 0 Å². The van der Waals surface area contributed by atoms with Gasteiger partial charge in [0, 0.05) is 12.5 Å². The lowest BCUT2D eigenvalue weighted by Crippen LogP contribution is -2.33. The highest BCUT2D eigenvalue weighted by Gasteiger charge is 2.30. The molecule has 4 nitrogen and oxygen atoms in total. The van der Waals surface area contributed by atoms with Gasteiger partial charge in [-0.15, -0.1) is 0 Å². The Labute approximate surface area is 96.4 Å². The fourth-order valence-electron chi connectivity index (χ4n) is 2.17. The van der Waals surface area contributed by atoms with E-state index in [0.29, 0.717) is 19.3 Å². The Balaban J connectivity index is 2.18. The molecule has 0 aromatic rings. The summed E-state index contributed by atoms with van der Waals surface area (Å²) in [6.07, 6.45) is 5.77. The van der Waals surface area contributed by atoms with Crippen LogP contribution in [-0.4, -0.2) is 23.0 Å². The molecule has 16 heavy (non-hydrogen) atoms. The zero-order valence-corrected chi connectivity index (χ0v) is 9.87. The first kappa shape index (κ1) is 13.0.